The average molecular weight is 282 g/mol. The van der Waals surface area contributed by atoms with E-state index in [1.165, 1.54) is 19.4 Å². The van der Waals surface area contributed by atoms with Crippen molar-refractivity contribution in [1.29, 1.82) is 0 Å². The lowest BCUT2D eigenvalue weighted by atomic mass is 10.3. The van der Waals surface area contributed by atoms with Crippen LogP contribution >= 0.6 is 0 Å². The summed E-state index contributed by atoms with van der Waals surface area (Å²) in [5.74, 6) is 0.407. The third kappa shape index (κ3) is 2.63. The van der Waals surface area contributed by atoms with Crippen LogP contribution in [0.25, 0.3) is 0 Å². The Bertz CT molecular complexity index is 694. The molecular formula is C11H14N4O3S. The summed E-state index contributed by atoms with van der Waals surface area (Å²) in [5.41, 5.74) is 6.94. The molecule has 2 rings (SSSR count). The highest BCUT2D eigenvalue weighted by Gasteiger charge is 2.19. The first kappa shape index (κ1) is 13.2. The van der Waals surface area contributed by atoms with Gasteiger partial charge in [-0.1, -0.05) is 0 Å². The van der Waals surface area contributed by atoms with Crippen LogP contribution in [-0.4, -0.2) is 25.7 Å². The number of sulfonamides is 1. The van der Waals surface area contributed by atoms with Gasteiger partial charge in [-0.2, -0.15) is 5.10 Å². The first-order valence-electron chi connectivity index (χ1n) is 5.40. The van der Waals surface area contributed by atoms with Crippen molar-refractivity contribution in [3.63, 3.8) is 0 Å². The van der Waals surface area contributed by atoms with Crippen LogP contribution < -0.4 is 15.2 Å². The molecule has 8 heteroatoms. The lowest BCUT2D eigenvalue weighted by Gasteiger charge is -2.10. The predicted molar refractivity (Wildman–Crippen MR) is 71.5 cm³/mol. The van der Waals surface area contributed by atoms with Gasteiger partial charge in [-0.3, -0.25) is 9.82 Å². The fourth-order valence-electron chi connectivity index (χ4n) is 1.60. The fraction of sp³-hybridized carbons (Fsp3) is 0.182. The molecule has 0 unspecified atom stereocenters. The van der Waals surface area contributed by atoms with Crippen LogP contribution in [0.2, 0.25) is 0 Å². The van der Waals surface area contributed by atoms with E-state index in [4.69, 9.17) is 10.5 Å². The second kappa shape index (κ2) is 4.81. The van der Waals surface area contributed by atoms with Crippen molar-refractivity contribution in [3.05, 3.63) is 30.1 Å². The molecule has 1 aromatic heterocycles. The summed E-state index contributed by atoms with van der Waals surface area (Å²) in [7, 11) is -2.22. The Balaban J connectivity index is 2.34. The molecule has 0 bridgehead atoms. The summed E-state index contributed by atoms with van der Waals surface area (Å²) >= 11 is 0. The molecular weight excluding hydrogens is 268 g/mol. The van der Waals surface area contributed by atoms with Crippen molar-refractivity contribution in [2.75, 3.05) is 17.6 Å². The first-order chi connectivity index (χ1) is 8.94. The molecule has 7 nitrogen and oxygen atoms in total. The number of hydrogen-bond acceptors (Lipinski definition) is 5. The third-order valence-electron chi connectivity index (χ3n) is 2.56. The highest BCUT2D eigenvalue weighted by molar-refractivity contribution is 7.92. The molecule has 19 heavy (non-hydrogen) atoms. The van der Waals surface area contributed by atoms with E-state index < -0.39 is 10.0 Å². The smallest absolute Gasteiger partial charge is 0.265 e. The number of hydrogen-bond donors (Lipinski definition) is 3. The van der Waals surface area contributed by atoms with Crippen molar-refractivity contribution in [2.45, 2.75) is 11.8 Å². The minimum Gasteiger partial charge on any atom is -0.495 e. The summed E-state index contributed by atoms with van der Waals surface area (Å²) in [4.78, 5) is 0.100. The summed E-state index contributed by atoms with van der Waals surface area (Å²) < 4.78 is 31.7. The average Bonchev–Trinajstić information content (AvgIpc) is 2.78. The van der Waals surface area contributed by atoms with Crippen LogP contribution in [0.3, 0.4) is 0 Å². The Labute approximate surface area is 110 Å². The maximum Gasteiger partial charge on any atom is 0.265 e. The van der Waals surface area contributed by atoms with Gasteiger partial charge in [0.15, 0.2) is 0 Å². The van der Waals surface area contributed by atoms with Crippen LogP contribution in [0, 0.1) is 6.92 Å². The number of methoxy groups -OCH3 is 1. The maximum absolute atomic E-state index is 12.1. The number of aryl methyl sites for hydroxylation is 1. The Hall–Kier alpha value is -2.22. The van der Waals surface area contributed by atoms with Gasteiger partial charge in [-0.05, 0) is 19.1 Å². The second-order valence-corrected chi connectivity index (χ2v) is 5.57. The molecule has 0 atom stereocenters. The second-order valence-electron chi connectivity index (χ2n) is 3.92. The van der Waals surface area contributed by atoms with Gasteiger partial charge >= 0.3 is 0 Å². The Morgan fingerprint density at radius 1 is 1.42 bits per heavy atom. The van der Waals surface area contributed by atoms with Crippen molar-refractivity contribution in [3.8, 4) is 5.75 Å². The highest BCUT2D eigenvalue weighted by Crippen LogP contribution is 2.26. The lowest BCUT2D eigenvalue weighted by molar-refractivity contribution is 0.417. The van der Waals surface area contributed by atoms with Crippen LogP contribution in [-0.2, 0) is 10.0 Å². The van der Waals surface area contributed by atoms with Gasteiger partial charge in [0.2, 0.25) is 0 Å². The van der Waals surface area contributed by atoms with Crippen molar-refractivity contribution >= 4 is 21.4 Å². The van der Waals surface area contributed by atoms with Crippen molar-refractivity contribution < 1.29 is 13.2 Å². The van der Waals surface area contributed by atoms with Crippen LogP contribution in [0.1, 0.15) is 5.69 Å². The molecule has 0 spiro atoms. The number of aromatic nitrogens is 2. The first-order valence-corrected chi connectivity index (χ1v) is 6.88. The molecule has 0 aliphatic rings. The number of H-pyrrole nitrogens is 1. The number of anilines is 2. The van der Waals surface area contributed by atoms with Gasteiger partial charge in [0, 0.05) is 6.07 Å². The minimum atomic E-state index is -3.68. The highest BCUT2D eigenvalue weighted by atomic mass is 32.2. The molecule has 0 saturated carbocycles. The van der Waals surface area contributed by atoms with Gasteiger partial charge in [0.05, 0.1) is 30.4 Å². The lowest BCUT2D eigenvalue weighted by Crippen LogP contribution is -2.13. The SMILES string of the molecule is COc1cc(NS(=O)(=O)c2cn[nH]c2C)ccc1N. The summed E-state index contributed by atoms with van der Waals surface area (Å²) in [6, 6.07) is 4.64. The van der Waals surface area contributed by atoms with E-state index in [0.717, 1.165) is 0 Å². The quantitative estimate of drug-likeness (QED) is 0.728. The molecule has 2 aromatic rings. The molecule has 0 saturated heterocycles. The molecule has 0 aliphatic carbocycles. The van der Waals surface area contributed by atoms with Crippen molar-refractivity contribution in [1.82, 2.24) is 10.2 Å². The van der Waals surface area contributed by atoms with E-state index in [2.05, 4.69) is 14.9 Å². The van der Waals surface area contributed by atoms with Crippen LogP contribution in [0.4, 0.5) is 11.4 Å². The van der Waals surface area contributed by atoms with E-state index in [1.807, 2.05) is 0 Å². The zero-order chi connectivity index (χ0) is 14.0. The number of benzene rings is 1. The molecule has 0 amide bonds. The zero-order valence-electron chi connectivity index (χ0n) is 10.5. The molecule has 0 radical (unpaired) electrons. The number of rotatable bonds is 4. The van der Waals surface area contributed by atoms with E-state index in [0.29, 0.717) is 22.8 Å². The molecule has 1 heterocycles. The van der Waals surface area contributed by atoms with Crippen molar-refractivity contribution in [2.24, 2.45) is 0 Å². The van der Waals surface area contributed by atoms with Gasteiger partial charge in [-0.25, -0.2) is 8.42 Å². The van der Waals surface area contributed by atoms with Gasteiger partial charge in [0.25, 0.3) is 10.0 Å². The topological polar surface area (TPSA) is 110 Å². The number of nitrogen functional groups attached to an aromatic ring is 1. The zero-order valence-corrected chi connectivity index (χ0v) is 11.3. The van der Waals surface area contributed by atoms with Gasteiger partial charge < -0.3 is 10.5 Å². The molecule has 4 N–H and O–H groups in total. The predicted octanol–water partition coefficient (Wildman–Crippen LogP) is 1.11. The van der Waals surface area contributed by atoms with Gasteiger partial charge in [-0.15, -0.1) is 0 Å². The number of aromatic amines is 1. The van der Waals surface area contributed by atoms with Crippen LogP contribution in [0.5, 0.6) is 5.75 Å². The molecule has 102 valence electrons. The van der Waals surface area contributed by atoms with E-state index >= 15 is 0 Å². The van der Waals surface area contributed by atoms with Crippen LogP contribution in [0.15, 0.2) is 29.3 Å². The number of nitrogens with zero attached hydrogens (tertiary/aromatic N) is 1. The molecule has 0 fully saturated rings. The summed E-state index contributed by atoms with van der Waals surface area (Å²) in [6.07, 6.45) is 1.26. The fourth-order valence-corrected chi connectivity index (χ4v) is 2.78. The molecule has 0 aliphatic heterocycles. The number of ether oxygens (including phenoxy) is 1. The Morgan fingerprint density at radius 3 is 2.74 bits per heavy atom. The normalized spacial score (nSPS) is 11.3. The van der Waals surface area contributed by atoms with E-state index in [1.54, 1.807) is 19.1 Å². The largest absolute Gasteiger partial charge is 0.495 e. The Kier molecular flexibility index (Phi) is 3.34. The monoisotopic (exact) mass is 282 g/mol. The minimum absolute atomic E-state index is 0.100. The Morgan fingerprint density at radius 2 is 2.16 bits per heavy atom. The van der Waals surface area contributed by atoms with E-state index in [9.17, 15) is 8.42 Å². The standard InChI is InChI=1S/C11H14N4O3S/c1-7-11(6-13-14-7)19(16,17)15-8-3-4-9(12)10(5-8)18-2/h3-6,15H,12H2,1-2H3,(H,13,14). The number of nitrogens with two attached hydrogens (primary N) is 1. The molecule has 1 aromatic carbocycles. The third-order valence-corrected chi connectivity index (χ3v) is 4.05. The summed E-state index contributed by atoms with van der Waals surface area (Å²) in [5, 5.41) is 6.27. The number of nitrogens with one attached hydrogen (secondary N) is 2. The van der Waals surface area contributed by atoms with Gasteiger partial charge in [0.1, 0.15) is 10.6 Å². The van der Waals surface area contributed by atoms with E-state index in [-0.39, 0.29) is 4.90 Å². The summed E-state index contributed by atoms with van der Waals surface area (Å²) in [6.45, 7) is 1.63. The maximum atomic E-state index is 12.1.